The summed E-state index contributed by atoms with van der Waals surface area (Å²) in [6.45, 7) is 2.30. The van der Waals surface area contributed by atoms with Gasteiger partial charge < -0.3 is 15.0 Å². The van der Waals surface area contributed by atoms with Gasteiger partial charge in [0.15, 0.2) is 0 Å². The summed E-state index contributed by atoms with van der Waals surface area (Å²) in [5.41, 5.74) is 0.982. The fraction of sp³-hybridized carbons (Fsp3) is 0.556. The molecular weight excluding hydrogens is 292 g/mol. The van der Waals surface area contributed by atoms with E-state index < -0.39 is 0 Å². The van der Waals surface area contributed by atoms with Crippen LogP contribution in [0, 0.1) is 11.8 Å². The average Bonchev–Trinajstić information content (AvgIpc) is 3.43. The van der Waals surface area contributed by atoms with E-state index >= 15 is 0 Å². The summed E-state index contributed by atoms with van der Waals surface area (Å²) < 4.78 is 5.34. The first-order valence-corrected chi connectivity index (χ1v) is 8.45. The SMILES string of the molecule is O=C(NCC1CC1)C1CCN(C(=O)OCc2ccccc2)CC1. The second-order valence-corrected chi connectivity index (χ2v) is 6.49. The van der Waals surface area contributed by atoms with Crippen LogP contribution in [0.3, 0.4) is 0 Å². The van der Waals surface area contributed by atoms with Crippen molar-refractivity contribution in [3.8, 4) is 0 Å². The van der Waals surface area contributed by atoms with Crippen LogP contribution in [0.15, 0.2) is 30.3 Å². The quantitative estimate of drug-likeness (QED) is 0.908. The highest BCUT2D eigenvalue weighted by Gasteiger charge is 2.29. The van der Waals surface area contributed by atoms with Crippen molar-refractivity contribution in [2.24, 2.45) is 11.8 Å². The van der Waals surface area contributed by atoms with E-state index in [9.17, 15) is 9.59 Å². The van der Waals surface area contributed by atoms with Crippen molar-refractivity contribution < 1.29 is 14.3 Å². The van der Waals surface area contributed by atoms with Crippen LogP contribution in [0.2, 0.25) is 0 Å². The molecule has 3 rings (SSSR count). The monoisotopic (exact) mass is 316 g/mol. The molecule has 0 spiro atoms. The van der Waals surface area contributed by atoms with Crippen LogP contribution in [0.1, 0.15) is 31.2 Å². The highest BCUT2D eigenvalue weighted by atomic mass is 16.6. The number of nitrogens with one attached hydrogen (secondary N) is 1. The average molecular weight is 316 g/mol. The molecule has 2 aliphatic rings. The number of carbonyl (C=O) groups is 2. The van der Waals surface area contributed by atoms with E-state index in [4.69, 9.17) is 4.74 Å². The number of piperidine rings is 1. The molecule has 1 saturated heterocycles. The minimum Gasteiger partial charge on any atom is -0.445 e. The van der Waals surface area contributed by atoms with Gasteiger partial charge in [0.1, 0.15) is 6.61 Å². The number of ether oxygens (including phenoxy) is 1. The number of hydrogen-bond donors (Lipinski definition) is 1. The first kappa shape index (κ1) is 15.8. The molecule has 5 heteroatoms. The summed E-state index contributed by atoms with van der Waals surface area (Å²) in [6.07, 6.45) is 3.64. The lowest BCUT2D eigenvalue weighted by Crippen LogP contribution is -2.43. The predicted molar refractivity (Wildman–Crippen MR) is 86.7 cm³/mol. The van der Waals surface area contributed by atoms with E-state index in [1.807, 2.05) is 30.3 Å². The number of hydrogen-bond acceptors (Lipinski definition) is 3. The van der Waals surface area contributed by atoms with Gasteiger partial charge in [-0.15, -0.1) is 0 Å². The molecule has 0 bridgehead atoms. The molecule has 23 heavy (non-hydrogen) atoms. The molecule has 1 aliphatic heterocycles. The summed E-state index contributed by atoms with van der Waals surface area (Å²) >= 11 is 0. The molecule has 0 atom stereocenters. The predicted octanol–water partition coefficient (Wildman–Crippen LogP) is 2.56. The Bertz CT molecular complexity index is 534. The van der Waals surface area contributed by atoms with Crippen LogP contribution in [0.5, 0.6) is 0 Å². The van der Waals surface area contributed by atoms with Crippen LogP contribution in [0.25, 0.3) is 0 Å². The van der Waals surface area contributed by atoms with Crippen LogP contribution in [-0.4, -0.2) is 36.5 Å². The second-order valence-electron chi connectivity index (χ2n) is 6.49. The zero-order chi connectivity index (χ0) is 16.1. The van der Waals surface area contributed by atoms with E-state index in [2.05, 4.69) is 5.32 Å². The van der Waals surface area contributed by atoms with Gasteiger partial charge in [-0.1, -0.05) is 30.3 Å². The molecule has 1 saturated carbocycles. The first-order chi connectivity index (χ1) is 11.2. The van der Waals surface area contributed by atoms with Gasteiger partial charge in [0.05, 0.1) is 0 Å². The van der Waals surface area contributed by atoms with Gasteiger partial charge in [-0.2, -0.15) is 0 Å². The number of likely N-dealkylation sites (tertiary alicyclic amines) is 1. The van der Waals surface area contributed by atoms with Gasteiger partial charge >= 0.3 is 6.09 Å². The van der Waals surface area contributed by atoms with Crippen molar-refractivity contribution in [3.05, 3.63) is 35.9 Å². The van der Waals surface area contributed by atoms with Gasteiger partial charge in [0.2, 0.25) is 5.91 Å². The Balaban J connectivity index is 1.37. The summed E-state index contributed by atoms with van der Waals surface area (Å²) in [5.74, 6) is 0.883. The number of nitrogens with zero attached hydrogens (tertiary/aromatic N) is 1. The molecule has 1 aliphatic carbocycles. The minimum atomic E-state index is -0.286. The van der Waals surface area contributed by atoms with E-state index in [0.717, 1.165) is 24.9 Å². The topological polar surface area (TPSA) is 58.6 Å². The Hall–Kier alpha value is -2.04. The zero-order valence-corrected chi connectivity index (χ0v) is 13.4. The number of rotatable bonds is 5. The van der Waals surface area contributed by atoms with Crippen molar-refractivity contribution in [2.75, 3.05) is 19.6 Å². The highest BCUT2D eigenvalue weighted by molar-refractivity contribution is 5.79. The fourth-order valence-electron chi connectivity index (χ4n) is 2.85. The second kappa shape index (κ2) is 7.49. The third kappa shape index (κ3) is 4.71. The van der Waals surface area contributed by atoms with Gasteiger partial charge in [-0.05, 0) is 37.2 Å². The minimum absolute atomic E-state index is 0.0342. The number of carbonyl (C=O) groups excluding carboxylic acids is 2. The van der Waals surface area contributed by atoms with Gasteiger partial charge in [0, 0.05) is 25.6 Å². The molecule has 0 aromatic heterocycles. The zero-order valence-electron chi connectivity index (χ0n) is 13.4. The van der Waals surface area contributed by atoms with Crippen LogP contribution < -0.4 is 5.32 Å². The van der Waals surface area contributed by atoms with Gasteiger partial charge in [-0.25, -0.2) is 4.79 Å². The molecule has 5 nitrogen and oxygen atoms in total. The van der Waals surface area contributed by atoms with Crippen molar-refractivity contribution in [1.82, 2.24) is 10.2 Å². The Morgan fingerprint density at radius 1 is 1.09 bits per heavy atom. The Kier molecular flexibility index (Phi) is 5.16. The maximum absolute atomic E-state index is 12.1. The maximum Gasteiger partial charge on any atom is 0.410 e. The van der Waals surface area contributed by atoms with Gasteiger partial charge in [-0.3, -0.25) is 4.79 Å². The number of benzene rings is 1. The first-order valence-electron chi connectivity index (χ1n) is 8.45. The lowest BCUT2D eigenvalue weighted by atomic mass is 9.96. The van der Waals surface area contributed by atoms with E-state index in [-0.39, 0.29) is 17.9 Å². The van der Waals surface area contributed by atoms with Crippen LogP contribution >= 0.6 is 0 Å². The van der Waals surface area contributed by atoms with E-state index in [1.165, 1.54) is 12.8 Å². The lowest BCUT2D eigenvalue weighted by Gasteiger charge is -2.30. The van der Waals surface area contributed by atoms with Crippen molar-refractivity contribution in [1.29, 1.82) is 0 Å². The maximum atomic E-state index is 12.1. The van der Waals surface area contributed by atoms with Crippen molar-refractivity contribution in [3.63, 3.8) is 0 Å². The van der Waals surface area contributed by atoms with Crippen LogP contribution in [0.4, 0.5) is 4.79 Å². The smallest absolute Gasteiger partial charge is 0.410 e. The lowest BCUT2D eigenvalue weighted by molar-refractivity contribution is -0.126. The summed E-state index contributed by atoms with van der Waals surface area (Å²) in [4.78, 5) is 25.8. The third-order valence-electron chi connectivity index (χ3n) is 4.59. The molecule has 1 aromatic carbocycles. The molecule has 1 heterocycles. The normalized spacial score (nSPS) is 18.5. The molecule has 2 amide bonds. The van der Waals surface area contributed by atoms with Gasteiger partial charge in [0.25, 0.3) is 0 Å². The van der Waals surface area contributed by atoms with E-state index in [0.29, 0.717) is 25.6 Å². The summed E-state index contributed by atoms with van der Waals surface area (Å²) in [6, 6.07) is 9.65. The molecule has 2 fully saturated rings. The fourth-order valence-corrected chi connectivity index (χ4v) is 2.85. The van der Waals surface area contributed by atoms with E-state index in [1.54, 1.807) is 4.90 Å². The molecule has 1 aromatic rings. The Morgan fingerprint density at radius 2 is 1.78 bits per heavy atom. The number of amides is 2. The molecule has 0 unspecified atom stereocenters. The largest absolute Gasteiger partial charge is 0.445 e. The highest BCUT2D eigenvalue weighted by Crippen LogP contribution is 2.28. The molecule has 0 radical (unpaired) electrons. The van der Waals surface area contributed by atoms with Crippen molar-refractivity contribution >= 4 is 12.0 Å². The van der Waals surface area contributed by atoms with Crippen molar-refractivity contribution in [2.45, 2.75) is 32.3 Å². The van der Waals surface area contributed by atoms with Crippen LogP contribution in [-0.2, 0) is 16.1 Å². The Morgan fingerprint density at radius 3 is 2.43 bits per heavy atom. The summed E-state index contributed by atoms with van der Waals surface area (Å²) in [7, 11) is 0. The summed E-state index contributed by atoms with van der Waals surface area (Å²) in [5, 5.41) is 3.03. The third-order valence-corrected chi connectivity index (χ3v) is 4.59. The molecular formula is C18H24N2O3. The molecule has 124 valence electrons. The molecule has 1 N–H and O–H groups in total. The standard InChI is InChI=1S/C18H24N2O3/c21-17(19-12-14-6-7-14)16-8-10-20(11-9-16)18(22)23-13-15-4-2-1-3-5-15/h1-5,14,16H,6-13H2,(H,19,21). The Labute approximate surface area is 137 Å².